The molecule has 4 N–H and O–H groups in total. The number of rotatable bonds is 5. The second kappa shape index (κ2) is 6.74. The highest BCUT2D eigenvalue weighted by Gasteiger charge is 2.20. The van der Waals surface area contributed by atoms with E-state index in [9.17, 15) is 14.4 Å². The summed E-state index contributed by atoms with van der Waals surface area (Å²) in [5.74, 6) is -0.652. The maximum absolute atomic E-state index is 11.8. The zero-order valence-electron chi connectivity index (χ0n) is 11.4. The second-order valence-electron chi connectivity index (χ2n) is 4.76. The van der Waals surface area contributed by atoms with Crippen LogP contribution in [0.1, 0.15) is 23.2 Å². The molecule has 0 bridgehead atoms. The van der Waals surface area contributed by atoms with Crippen LogP contribution in [0.25, 0.3) is 0 Å². The second-order valence-corrected chi connectivity index (χ2v) is 4.76. The first-order valence-corrected chi connectivity index (χ1v) is 6.64. The number of para-hydroxylation sites is 1. The number of ether oxygens (including phenoxy) is 1. The number of carbonyl (C=O) groups excluding carboxylic acids is 3. The largest absolute Gasteiger partial charge is 0.483 e. The van der Waals surface area contributed by atoms with Crippen molar-refractivity contribution in [2.75, 3.05) is 13.2 Å². The predicted molar refractivity (Wildman–Crippen MR) is 74.6 cm³/mol. The van der Waals surface area contributed by atoms with Gasteiger partial charge >= 0.3 is 0 Å². The van der Waals surface area contributed by atoms with Crippen molar-refractivity contribution < 1.29 is 19.1 Å². The predicted octanol–water partition coefficient (Wildman–Crippen LogP) is -0.441. The van der Waals surface area contributed by atoms with Crippen LogP contribution in [0.3, 0.4) is 0 Å². The highest BCUT2D eigenvalue weighted by molar-refractivity contribution is 5.95. The Kier molecular flexibility index (Phi) is 4.76. The van der Waals surface area contributed by atoms with Gasteiger partial charge in [0, 0.05) is 19.0 Å². The zero-order chi connectivity index (χ0) is 15.2. The minimum absolute atomic E-state index is 0.00728. The van der Waals surface area contributed by atoms with Gasteiger partial charge < -0.3 is 21.1 Å². The first-order chi connectivity index (χ1) is 10.1. The van der Waals surface area contributed by atoms with Crippen molar-refractivity contribution in [3.63, 3.8) is 0 Å². The maximum atomic E-state index is 11.8. The van der Waals surface area contributed by atoms with E-state index in [1.807, 2.05) is 0 Å². The molecule has 0 radical (unpaired) electrons. The molecule has 1 fully saturated rings. The Morgan fingerprint density at radius 1 is 1.38 bits per heavy atom. The lowest BCUT2D eigenvalue weighted by molar-refractivity contribution is -0.126. The first-order valence-electron chi connectivity index (χ1n) is 6.64. The van der Waals surface area contributed by atoms with Crippen molar-refractivity contribution in [3.8, 4) is 5.75 Å². The number of carbonyl (C=O) groups is 3. The van der Waals surface area contributed by atoms with Gasteiger partial charge in [0.25, 0.3) is 11.8 Å². The lowest BCUT2D eigenvalue weighted by Crippen LogP contribution is -2.48. The first kappa shape index (κ1) is 14.8. The monoisotopic (exact) mass is 291 g/mol. The molecule has 7 heteroatoms. The normalized spacial score (nSPS) is 17.7. The van der Waals surface area contributed by atoms with E-state index in [1.54, 1.807) is 18.2 Å². The summed E-state index contributed by atoms with van der Waals surface area (Å²) in [6.07, 6.45) is 1.01. The summed E-state index contributed by atoms with van der Waals surface area (Å²) < 4.78 is 5.32. The molecule has 1 aromatic rings. The molecule has 1 unspecified atom stereocenters. The molecule has 2 rings (SSSR count). The summed E-state index contributed by atoms with van der Waals surface area (Å²) in [4.78, 5) is 34.0. The van der Waals surface area contributed by atoms with Crippen molar-refractivity contribution in [3.05, 3.63) is 29.8 Å². The molecular formula is C14H17N3O4. The van der Waals surface area contributed by atoms with Gasteiger partial charge in [-0.05, 0) is 18.6 Å². The third-order valence-corrected chi connectivity index (χ3v) is 3.14. The Hall–Kier alpha value is -2.57. The highest BCUT2D eigenvalue weighted by atomic mass is 16.5. The van der Waals surface area contributed by atoms with Gasteiger partial charge in [-0.2, -0.15) is 0 Å². The molecule has 1 heterocycles. The number of nitrogens with two attached hydrogens (primary N) is 1. The SMILES string of the molecule is NC(=O)c1ccccc1OCC(=O)NC1CCC(=O)NC1. The van der Waals surface area contributed by atoms with Crippen molar-refractivity contribution >= 4 is 17.7 Å². The lowest BCUT2D eigenvalue weighted by atomic mass is 10.1. The maximum Gasteiger partial charge on any atom is 0.258 e. The third-order valence-electron chi connectivity index (χ3n) is 3.14. The van der Waals surface area contributed by atoms with Gasteiger partial charge in [0.1, 0.15) is 5.75 Å². The fourth-order valence-electron chi connectivity index (χ4n) is 2.06. The van der Waals surface area contributed by atoms with Gasteiger partial charge in [0.2, 0.25) is 5.91 Å². The van der Waals surface area contributed by atoms with Gasteiger partial charge in [0.05, 0.1) is 5.56 Å². The van der Waals surface area contributed by atoms with Crippen molar-refractivity contribution in [1.29, 1.82) is 0 Å². The molecule has 1 aliphatic rings. The average Bonchev–Trinajstić information content (AvgIpc) is 2.48. The molecule has 0 aliphatic carbocycles. The van der Waals surface area contributed by atoms with E-state index in [-0.39, 0.29) is 35.8 Å². The van der Waals surface area contributed by atoms with E-state index in [1.165, 1.54) is 6.07 Å². The van der Waals surface area contributed by atoms with E-state index in [0.29, 0.717) is 19.4 Å². The molecule has 1 atom stereocenters. The van der Waals surface area contributed by atoms with E-state index >= 15 is 0 Å². The minimum atomic E-state index is -0.610. The molecule has 3 amide bonds. The molecule has 7 nitrogen and oxygen atoms in total. The average molecular weight is 291 g/mol. The van der Waals surface area contributed by atoms with Crippen LogP contribution in [0.15, 0.2) is 24.3 Å². The lowest BCUT2D eigenvalue weighted by Gasteiger charge is -2.23. The Labute approximate surface area is 121 Å². The molecule has 1 saturated heterocycles. The molecule has 1 aromatic carbocycles. The van der Waals surface area contributed by atoms with Crippen molar-refractivity contribution in [1.82, 2.24) is 10.6 Å². The van der Waals surface area contributed by atoms with E-state index in [0.717, 1.165) is 0 Å². The van der Waals surface area contributed by atoms with Crippen LogP contribution >= 0.6 is 0 Å². The number of hydrogen-bond donors (Lipinski definition) is 3. The van der Waals surface area contributed by atoms with Crippen LogP contribution in [-0.4, -0.2) is 36.9 Å². The van der Waals surface area contributed by atoms with Crippen LogP contribution in [0.2, 0.25) is 0 Å². The Bertz CT molecular complexity index is 549. The Balaban J connectivity index is 1.84. The van der Waals surface area contributed by atoms with E-state index in [4.69, 9.17) is 10.5 Å². The van der Waals surface area contributed by atoms with E-state index < -0.39 is 5.91 Å². The van der Waals surface area contributed by atoms with Crippen LogP contribution in [-0.2, 0) is 9.59 Å². The van der Waals surface area contributed by atoms with Gasteiger partial charge in [-0.25, -0.2) is 0 Å². The van der Waals surface area contributed by atoms with Crippen LogP contribution in [0.5, 0.6) is 5.75 Å². The number of primary amides is 1. The number of piperidine rings is 1. The topological polar surface area (TPSA) is 111 Å². The minimum Gasteiger partial charge on any atom is -0.483 e. The van der Waals surface area contributed by atoms with Gasteiger partial charge in [0.15, 0.2) is 6.61 Å². The van der Waals surface area contributed by atoms with Crippen molar-refractivity contribution in [2.24, 2.45) is 5.73 Å². The molecular weight excluding hydrogens is 274 g/mol. The molecule has 21 heavy (non-hydrogen) atoms. The molecule has 0 saturated carbocycles. The Morgan fingerprint density at radius 3 is 2.81 bits per heavy atom. The summed E-state index contributed by atoms with van der Waals surface area (Å²) in [6.45, 7) is 0.206. The third kappa shape index (κ3) is 4.20. The van der Waals surface area contributed by atoms with Crippen LogP contribution < -0.4 is 21.1 Å². The van der Waals surface area contributed by atoms with Gasteiger partial charge in [-0.3, -0.25) is 14.4 Å². The summed E-state index contributed by atoms with van der Waals surface area (Å²) in [6, 6.07) is 6.37. The van der Waals surface area contributed by atoms with E-state index in [2.05, 4.69) is 10.6 Å². The zero-order valence-corrected chi connectivity index (χ0v) is 11.4. The smallest absolute Gasteiger partial charge is 0.258 e. The summed E-state index contributed by atoms with van der Waals surface area (Å²) in [5, 5.41) is 5.44. The molecule has 0 aromatic heterocycles. The quantitative estimate of drug-likeness (QED) is 0.683. The fraction of sp³-hybridized carbons (Fsp3) is 0.357. The highest BCUT2D eigenvalue weighted by Crippen LogP contribution is 2.16. The van der Waals surface area contributed by atoms with Crippen molar-refractivity contribution in [2.45, 2.75) is 18.9 Å². The Morgan fingerprint density at radius 2 is 2.14 bits per heavy atom. The molecule has 112 valence electrons. The summed E-state index contributed by atoms with van der Waals surface area (Å²) in [5.41, 5.74) is 5.46. The number of nitrogens with one attached hydrogen (secondary N) is 2. The number of hydrogen-bond acceptors (Lipinski definition) is 4. The summed E-state index contributed by atoms with van der Waals surface area (Å²) >= 11 is 0. The number of amides is 3. The van der Waals surface area contributed by atoms with Crippen LogP contribution in [0.4, 0.5) is 0 Å². The fourth-order valence-corrected chi connectivity index (χ4v) is 2.06. The van der Waals surface area contributed by atoms with Gasteiger partial charge in [-0.1, -0.05) is 12.1 Å². The summed E-state index contributed by atoms with van der Waals surface area (Å²) in [7, 11) is 0. The van der Waals surface area contributed by atoms with Crippen LogP contribution in [0, 0.1) is 0 Å². The number of benzene rings is 1. The molecule has 1 aliphatic heterocycles. The van der Waals surface area contributed by atoms with Gasteiger partial charge in [-0.15, -0.1) is 0 Å². The standard InChI is InChI=1S/C14H17N3O4/c15-14(20)10-3-1-2-4-11(10)21-8-13(19)17-9-5-6-12(18)16-7-9/h1-4,9H,5-8H2,(H2,15,20)(H,16,18)(H,17,19). The molecule has 0 spiro atoms.